The van der Waals surface area contributed by atoms with E-state index in [0.29, 0.717) is 0 Å². The summed E-state index contributed by atoms with van der Waals surface area (Å²) >= 11 is 0. The van der Waals surface area contributed by atoms with Crippen LogP contribution >= 0.6 is 7.82 Å². The lowest BCUT2D eigenvalue weighted by atomic mass is 10.2. The third kappa shape index (κ3) is 8.17. The number of hydrogen-bond donors (Lipinski definition) is 0. The number of phosphoric ester groups is 1. The molecule has 0 aliphatic carbocycles. The van der Waals surface area contributed by atoms with Crippen molar-refractivity contribution in [1.82, 2.24) is 4.90 Å². The molecule has 1 unspecified atom stereocenters. The van der Waals surface area contributed by atoms with E-state index in [0.717, 1.165) is 16.0 Å². The zero-order valence-corrected chi connectivity index (χ0v) is 20.4. The van der Waals surface area contributed by atoms with E-state index in [1.165, 1.54) is 0 Å². The second-order valence-corrected chi connectivity index (χ2v) is 10.8. The number of likely N-dealkylation sites (tertiary alicyclic amines) is 1. The molecule has 1 saturated heterocycles. The van der Waals surface area contributed by atoms with Gasteiger partial charge in [-0.05, 0) is 31.9 Å². The number of alkyl halides is 2. The summed E-state index contributed by atoms with van der Waals surface area (Å²) in [6, 6.07) is 16.9. The van der Waals surface area contributed by atoms with Gasteiger partial charge in [0.15, 0.2) is 0 Å². The van der Waals surface area contributed by atoms with E-state index in [1.54, 1.807) is 69.3 Å². The summed E-state index contributed by atoms with van der Waals surface area (Å²) in [5, 5.41) is 0. The van der Waals surface area contributed by atoms with Gasteiger partial charge in [-0.1, -0.05) is 60.7 Å². The number of halogens is 2. The number of amides is 1. The molecule has 0 radical (unpaired) electrons. The monoisotopic (exact) mass is 497 g/mol. The van der Waals surface area contributed by atoms with Gasteiger partial charge < -0.3 is 4.74 Å². The van der Waals surface area contributed by atoms with Crippen LogP contribution in [0.25, 0.3) is 0 Å². The van der Waals surface area contributed by atoms with Crippen molar-refractivity contribution in [3.05, 3.63) is 71.8 Å². The maximum atomic E-state index is 14.2. The summed E-state index contributed by atoms with van der Waals surface area (Å²) in [4.78, 5) is 13.4. The molecule has 186 valence electrons. The summed E-state index contributed by atoms with van der Waals surface area (Å²) in [6.45, 7) is 3.54. The van der Waals surface area contributed by atoms with Crippen LogP contribution in [0.3, 0.4) is 0 Å². The molecule has 3 rings (SSSR count). The lowest BCUT2D eigenvalue weighted by molar-refractivity contribution is -0.00302. The van der Waals surface area contributed by atoms with Crippen molar-refractivity contribution in [2.24, 2.45) is 0 Å². The Balaban J connectivity index is 1.70. The Labute approximate surface area is 198 Å². The number of carbonyl (C=O) groups is 1. The molecule has 0 aromatic heterocycles. The van der Waals surface area contributed by atoms with Gasteiger partial charge in [0, 0.05) is 6.42 Å². The smallest absolute Gasteiger partial charge is 0.444 e. The number of hydrogen-bond acceptors (Lipinski definition) is 6. The summed E-state index contributed by atoms with van der Waals surface area (Å²) in [7, 11) is -4.17. The molecule has 0 spiro atoms. The average molecular weight is 497 g/mol. The van der Waals surface area contributed by atoms with Gasteiger partial charge in [0.1, 0.15) is 5.60 Å². The molecule has 1 amide bonds. The van der Waals surface area contributed by atoms with Gasteiger partial charge in [-0.25, -0.2) is 18.1 Å². The molecule has 2 aromatic rings. The topological polar surface area (TPSA) is 74.3 Å². The minimum atomic E-state index is -4.17. The fourth-order valence-corrected chi connectivity index (χ4v) is 4.52. The number of phosphoric acid groups is 1. The molecule has 1 atom stereocenters. The van der Waals surface area contributed by atoms with Crippen LogP contribution in [-0.4, -0.2) is 41.7 Å². The molecule has 2 aromatic carbocycles. The lowest BCUT2D eigenvalue weighted by Crippen LogP contribution is -2.42. The van der Waals surface area contributed by atoms with Crippen LogP contribution in [0.1, 0.15) is 38.3 Å². The average Bonchev–Trinajstić information content (AvgIpc) is 3.10. The van der Waals surface area contributed by atoms with Gasteiger partial charge in [-0.2, -0.15) is 0 Å². The van der Waals surface area contributed by atoms with Gasteiger partial charge in [-0.15, -0.1) is 0 Å². The fraction of sp³-hybridized carbons (Fsp3) is 0.458. The molecule has 1 aliphatic rings. The lowest BCUT2D eigenvalue weighted by Gasteiger charge is -2.28. The van der Waals surface area contributed by atoms with Gasteiger partial charge in [0.05, 0.1) is 32.4 Å². The molecule has 34 heavy (non-hydrogen) atoms. The predicted octanol–water partition coefficient (Wildman–Crippen LogP) is 6.19. The Morgan fingerprint density at radius 2 is 1.47 bits per heavy atom. The zero-order chi connectivity index (χ0) is 24.8. The maximum Gasteiger partial charge on any atom is 0.475 e. The van der Waals surface area contributed by atoms with E-state index in [-0.39, 0.29) is 13.2 Å². The zero-order valence-electron chi connectivity index (χ0n) is 19.5. The first-order chi connectivity index (χ1) is 15.9. The molecule has 7 nitrogen and oxygen atoms in total. The van der Waals surface area contributed by atoms with Crippen molar-refractivity contribution in [3.63, 3.8) is 0 Å². The minimum Gasteiger partial charge on any atom is -0.444 e. The SMILES string of the molecule is CC(C)(C)OC(=O)N1CC(F)(F)CC1COP(=O)(OCc1ccccc1)OCc1ccccc1. The first kappa shape index (κ1) is 26.3. The second-order valence-electron chi connectivity index (χ2n) is 9.08. The Morgan fingerprint density at radius 1 is 0.971 bits per heavy atom. The van der Waals surface area contributed by atoms with E-state index < -0.39 is 51.1 Å². The maximum absolute atomic E-state index is 14.2. The molecule has 0 N–H and O–H groups in total. The van der Waals surface area contributed by atoms with E-state index in [4.69, 9.17) is 18.3 Å². The van der Waals surface area contributed by atoms with Gasteiger partial charge in [-0.3, -0.25) is 18.5 Å². The largest absolute Gasteiger partial charge is 0.475 e. The van der Waals surface area contributed by atoms with Crippen LogP contribution in [0, 0.1) is 0 Å². The van der Waals surface area contributed by atoms with E-state index in [9.17, 15) is 18.1 Å². The summed E-state index contributed by atoms with van der Waals surface area (Å²) in [5.41, 5.74) is 0.614. The van der Waals surface area contributed by atoms with Crippen LogP contribution in [0.4, 0.5) is 13.6 Å². The summed E-state index contributed by atoms with van der Waals surface area (Å²) < 4.78 is 63.5. The summed E-state index contributed by atoms with van der Waals surface area (Å²) in [6.07, 6.45) is -1.53. The third-order valence-electron chi connectivity index (χ3n) is 4.89. The Hall–Kier alpha value is -2.32. The van der Waals surface area contributed by atoms with Crippen molar-refractivity contribution in [2.45, 2.75) is 58.0 Å². The van der Waals surface area contributed by atoms with Crippen molar-refractivity contribution < 1.29 is 36.4 Å². The fourth-order valence-electron chi connectivity index (χ4n) is 3.33. The van der Waals surface area contributed by atoms with Crippen LogP contribution in [0.2, 0.25) is 0 Å². The number of benzene rings is 2. The minimum absolute atomic E-state index is 0.0660. The highest BCUT2D eigenvalue weighted by atomic mass is 31.2. The van der Waals surface area contributed by atoms with E-state index in [1.807, 2.05) is 12.1 Å². The van der Waals surface area contributed by atoms with Gasteiger partial charge >= 0.3 is 13.9 Å². The first-order valence-electron chi connectivity index (χ1n) is 10.9. The molecule has 0 saturated carbocycles. The molecule has 1 heterocycles. The Morgan fingerprint density at radius 3 is 1.94 bits per heavy atom. The number of ether oxygens (including phenoxy) is 1. The second kappa shape index (κ2) is 11.0. The molecular formula is C24H30F2NO6P. The highest BCUT2D eigenvalue weighted by molar-refractivity contribution is 7.48. The predicted molar refractivity (Wildman–Crippen MR) is 122 cm³/mol. The van der Waals surface area contributed by atoms with Crippen LogP contribution in [-0.2, 0) is 36.1 Å². The Bertz CT molecular complexity index is 936. The van der Waals surface area contributed by atoms with Crippen molar-refractivity contribution in [3.8, 4) is 0 Å². The normalized spacial score (nSPS) is 18.1. The number of rotatable bonds is 9. The highest BCUT2D eigenvalue weighted by Crippen LogP contribution is 2.51. The number of nitrogens with zero attached hydrogens (tertiary/aromatic N) is 1. The molecular weight excluding hydrogens is 467 g/mol. The molecule has 0 bridgehead atoms. The first-order valence-corrected chi connectivity index (χ1v) is 12.4. The molecule has 10 heteroatoms. The third-order valence-corrected chi connectivity index (χ3v) is 6.25. The van der Waals surface area contributed by atoms with Gasteiger partial charge in [0.2, 0.25) is 0 Å². The van der Waals surface area contributed by atoms with E-state index >= 15 is 0 Å². The van der Waals surface area contributed by atoms with Crippen molar-refractivity contribution in [2.75, 3.05) is 13.2 Å². The quantitative estimate of drug-likeness (QED) is 0.385. The highest BCUT2D eigenvalue weighted by Gasteiger charge is 2.49. The standard InChI is InChI=1S/C24H30F2NO6P/c1-23(2,3)33-22(28)27-18-24(25,26)14-21(27)17-32-34(29,30-15-19-10-6-4-7-11-19)31-16-20-12-8-5-9-13-20/h4-13,21H,14-18H2,1-3H3. The van der Waals surface area contributed by atoms with Crippen molar-refractivity contribution in [1.29, 1.82) is 0 Å². The summed E-state index contributed by atoms with van der Waals surface area (Å²) in [5.74, 6) is -3.12. The molecule has 1 fully saturated rings. The molecule has 1 aliphatic heterocycles. The van der Waals surface area contributed by atoms with Crippen LogP contribution in [0.5, 0.6) is 0 Å². The van der Waals surface area contributed by atoms with Gasteiger partial charge in [0.25, 0.3) is 5.92 Å². The van der Waals surface area contributed by atoms with Crippen LogP contribution in [0.15, 0.2) is 60.7 Å². The van der Waals surface area contributed by atoms with E-state index in [2.05, 4.69) is 0 Å². The van der Waals surface area contributed by atoms with Crippen LogP contribution < -0.4 is 0 Å². The van der Waals surface area contributed by atoms with Crippen molar-refractivity contribution >= 4 is 13.9 Å². The number of carbonyl (C=O) groups excluding carboxylic acids is 1. The Kier molecular flexibility index (Phi) is 8.47.